The predicted molar refractivity (Wildman–Crippen MR) is 243 cm³/mol. The van der Waals surface area contributed by atoms with Crippen LogP contribution in [0.4, 0.5) is 0 Å². The fourth-order valence-corrected chi connectivity index (χ4v) is 7.52. The molecule has 14 heteroatoms. The second-order valence-corrected chi connectivity index (χ2v) is 16.5. The molecule has 56 heavy (non-hydrogen) atoms. The smallest absolute Gasteiger partial charge is 0.209 e. The molecule has 4 atom stereocenters. The fraction of sp³-hybridized carbons (Fsp3) is 0.476. The van der Waals surface area contributed by atoms with Crippen molar-refractivity contribution in [3.05, 3.63) is 92.0 Å². The van der Waals surface area contributed by atoms with Crippen LogP contribution in [-0.2, 0) is 45.9 Å². The van der Waals surface area contributed by atoms with Crippen LogP contribution in [0.1, 0.15) is 51.7 Å². The minimum absolute atomic E-state index is 0.0481. The molecular weight excluding hydrogens is 934 g/mol. The molecule has 0 spiro atoms. The molecule has 4 heterocycles. The molecule has 12 nitrogen and oxygen atoms in total. The third-order valence-electron chi connectivity index (χ3n) is 9.28. The zero-order valence-electron chi connectivity index (χ0n) is 34.2. The van der Waals surface area contributed by atoms with E-state index in [0.717, 1.165) is 40.6 Å². The average Bonchev–Trinajstić information content (AvgIpc) is 3.82. The van der Waals surface area contributed by atoms with Gasteiger partial charge >= 0.3 is 0 Å². The molecule has 6 rings (SSSR count). The number of aryl methyl sites for hydroxylation is 4. The Labute approximate surface area is 359 Å². The fourth-order valence-electron chi connectivity index (χ4n) is 6.30. The summed E-state index contributed by atoms with van der Waals surface area (Å²) in [5.41, 5.74) is 4.71. The summed E-state index contributed by atoms with van der Waals surface area (Å²) >= 11 is 4.54. The Balaban J connectivity index is 0.000000215. The average molecular weight is 991 g/mol. The van der Waals surface area contributed by atoms with Gasteiger partial charge in [-0.1, -0.05) is 70.2 Å². The van der Waals surface area contributed by atoms with Gasteiger partial charge in [-0.15, -0.1) is 0 Å². The van der Waals surface area contributed by atoms with Crippen molar-refractivity contribution in [1.29, 1.82) is 0 Å². The Bertz CT molecular complexity index is 1950. The first-order valence-corrected chi connectivity index (χ1v) is 20.9. The van der Waals surface area contributed by atoms with Crippen LogP contribution in [-0.4, -0.2) is 95.3 Å². The van der Waals surface area contributed by atoms with Crippen LogP contribution in [0.5, 0.6) is 0 Å². The Hall–Kier alpha value is -3.80. The van der Waals surface area contributed by atoms with Gasteiger partial charge in [-0.05, 0) is 99.9 Å². The monoisotopic (exact) mass is 990 g/mol. The standard InChI is InChI=1S/C21H28N4O2.C17H23IN2O2.C4H5IN2/c1-14(2)19-21(27-5)23-17(20(24-19)26-4)11-10-15-8-6-7-9-16(15)18-12-25(3)13-22-18;1-11(2)15-17(22-4)19-14(16(20-15)21-3)10-9-12-7-5-6-8-13(12)18;1-7-2-4(5)6-3-7/h6-9,12-14,17,19H,10-11H2,1-5H3;5-8,11,14-15H,9-10H2,1-4H3;2-3H,1H3/t17-,19+;14-,15+;/m00./s1. The lowest BCUT2D eigenvalue weighted by atomic mass is 9.97. The number of benzene rings is 2. The molecule has 0 bridgehead atoms. The van der Waals surface area contributed by atoms with Crippen molar-refractivity contribution in [2.24, 2.45) is 45.9 Å². The highest BCUT2D eigenvalue weighted by Gasteiger charge is 2.32. The Morgan fingerprint density at radius 3 is 1.46 bits per heavy atom. The number of hydrogen-bond donors (Lipinski definition) is 0. The van der Waals surface area contributed by atoms with Gasteiger partial charge < -0.3 is 28.1 Å². The molecule has 0 aliphatic carbocycles. The highest BCUT2D eigenvalue weighted by molar-refractivity contribution is 14.1. The maximum atomic E-state index is 5.56. The van der Waals surface area contributed by atoms with Gasteiger partial charge in [0.25, 0.3) is 0 Å². The summed E-state index contributed by atoms with van der Waals surface area (Å²) in [6.07, 6.45) is 11.1. The van der Waals surface area contributed by atoms with Crippen molar-refractivity contribution in [1.82, 2.24) is 19.1 Å². The number of aliphatic imine (C=N–C) groups is 4. The predicted octanol–water partition coefficient (Wildman–Crippen LogP) is 8.26. The van der Waals surface area contributed by atoms with Crippen LogP contribution in [0.2, 0.25) is 0 Å². The van der Waals surface area contributed by atoms with E-state index in [1.807, 2.05) is 48.0 Å². The number of imidazole rings is 2. The van der Waals surface area contributed by atoms with E-state index in [0.29, 0.717) is 35.4 Å². The van der Waals surface area contributed by atoms with Crippen molar-refractivity contribution in [3.8, 4) is 11.3 Å². The van der Waals surface area contributed by atoms with E-state index >= 15 is 0 Å². The van der Waals surface area contributed by atoms with Gasteiger partial charge in [-0.3, -0.25) is 0 Å². The third kappa shape index (κ3) is 12.6. The molecule has 2 aromatic carbocycles. The zero-order chi connectivity index (χ0) is 40.8. The van der Waals surface area contributed by atoms with E-state index < -0.39 is 0 Å². The summed E-state index contributed by atoms with van der Waals surface area (Å²) in [5, 5.41) is 0. The van der Waals surface area contributed by atoms with Crippen molar-refractivity contribution in [2.45, 2.75) is 77.5 Å². The number of ether oxygens (including phenoxy) is 4. The van der Waals surface area contributed by atoms with Crippen molar-refractivity contribution in [3.63, 3.8) is 0 Å². The van der Waals surface area contributed by atoms with Crippen molar-refractivity contribution < 1.29 is 18.9 Å². The van der Waals surface area contributed by atoms with E-state index in [-0.39, 0.29) is 24.2 Å². The normalized spacial score (nSPS) is 19.0. The zero-order valence-corrected chi connectivity index (χ0v) is 38.5. The Morgan fingerprint density at radius 2 is 1.05 bits per heavy atom. The molecule has 2 aromatic heterocycles. The SMILES string of the molecule is COC1=N[C@H](C(C)C)C(OC)=N[C@H]1CCc1ccccc1-c1cn(C)cn1.COC1=N[C@H](C(C)C)C(OC)=N[C@H]1CCc1ccccc1I.Cn1cnc(I)c1. The molecule has 0 fully saturated rings. The molecule has 0 saturated carbocycles. The molecule has 4 aromatic rings. The Kier molecular flexibility index (Phi) is 17.8. The molecule has 2 aliphatic rings. The first kappa shape index (κ1) is 44.9. The lowest BCUT2D eigenvalue weighted by Crippen LogP contribution is -2.37. The first-order valence-electron chi connectivity index (χ1n) is 18.8. The van der Waals surface area contributed by atoms with Gasteiger partial charge in [0.15, 0.2) is 0 Å². The maximum absolute atomic E-state index is 5.56. The van der Waals surface area contributed by atoms with Crippen LogP contribution < -0.4 is 0 Å². The van der Waals surface area contributed by atoms with Crippen LogP contribution in [0.25, 0.3) is 11.3 Å². The number of nitrogens with zero attached hydrogens (tertiary/aromatic N) is 8. The van der Waals surface area contributed by atoms with Gasteiger partial charge in [0.1, 0.15) is 27.9 Å². The molecule has 0 radical (unpaired) electrons. The second-order valence-electron chi connectivity index (χ2n) is 14.2. The summed E-state index contributed by atoms with van der Waals surface area (Å²) in [6, 6.07) is 16.5. The largest absolute Gasteiger partial charge is 0.483 e. The number of hydrogen-bond acceptors (Lipinski definition) is 10. The third-order valence-corrected chi connectivity index (χ3v) is 10.9. The van der Waals surface area contributed by atoms with Gasteiger partial charge in [0.2, 0.25) is 23.6 Å². The Morgan fingerprint density at radius 1 is 0.589 bits per heavy atom. The number of halogens is 2. The topological polar surface area (TPSA) is 122 Å². The van der Waals surface area contributed by atoms with Crippen molar-refractivity contribution in [2.75, 3.05) is 28.4 Å². The van der Waals surface area contributed by atoms with Crippen LogP contribution in [0, 0.1) is 19.1 Å². The number of methoxy groups -OCH3 is 4. The lowest BCUT2D eigenvalue weighted by molar-refractivity contribution is 0.330. The highest BCUT2D eigenvalue weighted by atomic mass is 127. The van der Waals surface area contributed by atoms with Gasteiger partial charge in [0, 0.05) is 35.6 Å². The second kappa shape index (κ2) is 22.2. The minimum Gasteiger partial charge on any atom is -0.483 e. The summed E-state index contributed by atoms with van der Waals surface area (Å²) in [4.78, 5) is 27.4. The van der Waals surface area contributed by atoms with E-state index in [9.17, 15) is 0 Å². The van der Waals surface area contributed by atoms with Gasteiger partial charge in [0.05, 0.1) is 46.8 Å². The van der Waals surface area contributed by atoms with E-state index in [1.54, 1.807) is 34.8 Å². The molecule has 0 unspecified atom stereocenters. The quantitative estimate of drug-likeness (QED) is 0.156. The lowest BCUT2D eigenvalue weighted by Gasteiger charge is -2.27. The number of aromatic nitrogens is 4. The van der Waals surface area contributed by atoms with Crippen LogP contribution in [0.3, 0.4) is 0 Å². The van der Waals surface area contributed by atoms with Crippen LogP contribution >= 0.6 is 45.2 Å². The minimum atomic E-state index is -0.128. The van der Waals surface area contributed by atoms with Gasteiger partial charge in [-0.25, -0.2) is 29.9 Å². The van der Waals surface area contributed by atoms with Gasteiger partial charge in [-0.2, -0.15) is 0 Å². The molecule has 302 valence electrons. The highest BCUT2D eigenvalue weighted by Crippen LogP contribution is 2.26. The van der Waals surface area contributed by atoms with E-state index in [4.69, 9.17) is 38.9 Å². The number of rotatable bonds is 9. The molecule has 2 aliphatic heterocycles. The molecule has 0 amide bonds. The molecular formula is C42H56I2N8O4. The molecule has 0 N–H and O–H groups in total. The summed E-state index contributed by atoms with van der Waals surface area (Å²) < 4.78 is 28.2. The molecule has 0 saturated heterocycles. The van der Waals surface area contributed by atoms with E-state index in [1.165, 1.54) is 14.7 Å². The van der Waals surface area contributed by atoms with Crippen LogP contribution in [0.15, 0.2) is 93.5 Å². The summed E-state index contributed by atoms with van der Waals surface area (Å²) in [5.74, 6) is 3.44. The summed E-state index contributed by atoms with van der Waals surface area (Å²) in [6.45, 7) is 8.45. The van der Waals surface area contributed by atoms with E-state index in [2.05, 4.69) is 125 Å². The summed E-state index contributed by atoms with van der Waals surface area (Å²) in [7, 11) is 10.6. The maximum Gasteiger partial charge on any atom is 0.209 e. The first-order chi connectivity index (χ1) is 26.9. The van der Waals surface area contributed by atoms with Crippen molar-refractivity contribution >= 4 is 68.8 Å².